The minimum absolute atomic E-state index is 0.0432. The van der Waals surface area contributed by atoms with Gasteiger partial charge in [0.25, 0.3) is 0 Å². The zero-order valence-electron chi connectivity index (χ0n) is 32.7. The van der Waals surface area contributed by atoms with E-state index in [2.05, 4.69) is 0 Å². The van der Waals surface area contributed by atoms with Crippen molar-refractivity contribution in [3.63, 3.8) is 0 Å². The van der Waals surface area contributed by atoms with Gasteiger partial charge < -0.3 is 74.8 Å². The summed E-state index contributed by atoms with van der Waals surface area (Å²) in [5.41, 5.74) is 0.757. The standard InChI is InChI=1S/C45H38O18/c1-60-44(58)36(19-23-3-10-28(47)32(51)16-23)61-37(54)13-4-21-14-25(40(55)34(53)17-21)6-5-24-7-12-30(49)42-38(24)39(41(63-42)26-8-11-29(48)33(52)20-26)45(59)62-35(43(56)57)18-22-2-9-27(46)31(50)15-22/h2-17,20,35-36,39,41,46-53,55H,18-19H2,1H3,(H,56,57)/p-1/b6-5+,13-4+. The van der Waals surface area contributed by atoms with Crippen LogP contribution in [0.25, 0.3) is 18.2 Å². The van der Waals surface area contributed by atoms with Crippen molar-refractivity contribution in [1.82, 2.24) is 0 Å². The third-order valence-electron chi connectivity index (χ3n) is 9.81. The second-order valence-electron chi connectivity index (χ2n) is 14.1. The van der Waals surface area contributed by atoms with Crippen LogP contribution in [0.5, 0.6) is 57.5 Å². The lowest BCUT2D eigenvalue weighted by Gasteiger charge is -2.24. The highest BCUT2D eigenvalue weighted by molar-refractivity contribution is 5.91. The third kappa shape index (κ3) is 9.92. The Labute approximate surface area is 356 Å². The fourth-order valence-corrected chi connectivity index (χ4v) is 6.68. The number of rotatable bonds is 14. The maximum atomic E-state index is 14.2. The summed E-state index contributed by atoms with van der Waals surface area (Å²) >= 11 is 0. The molecule has 0 spiro atoms. The number of carbonyl (C=O) groups is 4. The van der Waals surface area contributed by atoms with Gasteiger partial charge in [0.15, 0.2) is 57.5 Å². The van der Waals surface area contributed by atoms with Gasteiger partial charge in [-0.15, -0.1) is 0 Å². The van der Waals surface area contributed by atoms with Crippen LogP contribution in [0.2, 0.25) is 0 Å². The number of hydrogen-bond acceptors (Lipinski definition) is 18. The van der Waals surface area contributed by atoms with E-state index < -0.39 is 106 Å². The molecule has 63 heavy (non-hydrogen) atoms. The van der Waals surface area contributed by atoms with Crippen molar-refractivity contribution < 1.29 is 89.2 Å². The largest absolute Gasteiger partial charge is 0.546 e. The van der Waals surface area contributed by atoms with E-state index >= 15 is 0 Å². The quantitative estimate of drug-likeness (QED) is 0.0253. The van der Waals surface area contributed by atoms with Gasteiger partial charge in [-0.2, -0.15) is 0 Å². The molecule has 0 saturated heterocycles. The molecule has 0 amide bonds. The average molecular weight is 866 g/mol. The smallest absolute Gasteiger partial charge is 0.347 e. The molecule has 4 unspecified atom stereocenters. The highest BCUT2D eigenvalue weighted by Gasteiger charge is 2.45. The Hall–Kier alpha value is -8.54. The van der Waals surface area contributed by atoms with Crippen molar-refractivity contribution >= 4 is 42.1 Å². The Morgan fingerprint density at radius 3 is 1.79 bits per heavy atom. The first-order chi connectivity index (χ1) is 29.9. The molecule has 1 aliphatic heterocycles. The second kappa shape index (κ2) is 18.4. The summed E-state index contributed by atoms with van der Waals surface area (Å²) in [4.78, 5) is 51.6. The lowest BCUT2D eigenvalue weighted by molar-refractivity contribution is -0.315. The van der Waals surface area contributed by atoms with Gasteiger partial charge >= 0.3 is 17.9 Å². The molecular weight excluding hydrogens is 828 g/mol. The van der Waals surface area contributed by atoms with Gasteiger partial charge in [0.2, 0.25) is 6.10 Å². The summed E-state index contributed by atoms with van der Waals surface area (Å²) in [5, 5.41) is 104. The Morgan fingerprint density at radius 2 is 1.21 bits per heavy atom. The van der Waals surface area contributed by atoms with Gasteiger partial charge in [-0.1, -0.05) is 36.4 Å². The summed E-state index contributed by atoms with van der Waals surface area (Å²) < 4.78 is 21.5. The van der Waals surface area contributed by atoms with Crippen LogP contribution >= 0.6 is 0 Å². The summed E-state index contributed by atoms with van der Waals surface area (Å²) in [6.45, 7) is 0. The normalized spacial score (nSPS) is 15.3. The van der Waals surface area contributed by atoms with E-state index in [-0.39, 0.29) is 45.6 Å². The van der Waals surface area contributed by atoms with Crippen LogP contribution in [0.1, 0.15) is 51.0 Å². The van der Waals surface area contributed by atoms with E-state index in [0.717, 1.165) is 43.5 Å². The van der Waals surface area contributed by atoms with Gasteiger partial charge in [0.05, 0.1) is 13.1 Å². The fourth-order valence-electron chi connectivity index (χ4n) is 6.68. The van der Waals surface area contributed by atoms with Crippen LogP contribution < -0.4 is 9.84 Å². The van der Waals surface area contributed by atoms with Crippen molar-refractivity contribution in [3.05, 3.63) is 124 Å². The first-order valence-electron chi connectivity index (χ1n) is 18.6. The Kier molecular flexibility index (Phi) is 12.8. The average Bonchev–Trinajstić information content (AvgIpc) is 3.66. The highest BCUT2D eigenvalue weighted by Crippen LogP contribution is 2.53. The van der Waals surface area contributed by atoms with Crippen LogP contribution in [0.4, 0.5) is 0 Å². The van der Waals surface area contributed by atoms with Gasteiger partial charge in [-0.3, -0.25) is 4.79 Å². The number of phenols is 9. The number of ether oxygens (including phenoxy) is 4. The van der Waals surface area contributed by atoms with E-state index in [1.807, 2.05) is 0 Å². The molecule has 0 fully saturated rings. The zero-order chi connectivity index (χ0) is 45.7. The van der Waals surface area contributed by atoms with Gasteiger partial charge in [-0.25, -0.2) is 9.59 Å². The molecule has 0 aliphatic carbocycles. The van der Waals surface area contributed by atoms with Gasteiger partial charge in [0.1, 0.15) is 18.1 Å². The summed E-state index contributed by atoms with van der Waals surface area (Å²) in [6.07, 6.45) is -0.783. The number of hydrogen-bond donors (Lipinski definition) is 9. The fraction of sp³-hybridized carbons (Fsp3) is 0.156. The molecule has 5 aromatic carbocycles. The number of methoxy groups -OCH3 is 1. The van der Waals surface area contributed by atoms with E-state index in [4.69, 9.17) is 18.9 Å². The van der Waals surface area contributed by atoms with Crippen LogP contribution in [0.3, 0.4) is 0 Å². The molecule has 4 atom stereocenters. The lowest BCUT2D eigenvalue weighted by atomic mass is 9.87. The maximum absolute atomic E-state index is 14.2. The predicted octanol–water partition coefficient (Wildman–Crippen LogP) is 3.67. The van der Waals surface area contributed by atoms with E-state index in [9.17, 15) is 70.2 Å². The minimum Gasteiger partial charge on any atom is -0.546 e. The van der Waals surface area contributed by atoms with Crippen molar-refractivity contribution in [2.24, 2.45) is 0 Å². The van der Waals surface area contributed by atoms with Gasteiger partial charge in [-0.05, 0) is 88.5 Å². The molecule has 5 aromatic rings. The predicted molar refractivity (Wildman–Crippen MR) is 215 cm³/mol. The minimum atomic E-state index is -1.95. The maximum Gasteiger partial charge on any atom is 0.347 e. The van der Waals surface area contributed by atoms with E-state index in [1.54, 1.807) is 0 Å². The first-order valence-corrected chi connectivity index (χ1v) is 18.6. The summed E-state index contributed by atoms with van der Waals surface area (Å²) in [5.74, 6) is -11.5. The molecule has 1 heterocycles. The summed E-state index contributed by atoms with van der Waals surface area (Å²) in [7, 11) is 1.08. The summed E-state index contributed by atoms with van der Waals surface area (Å²) in [6, 6.07) is 15.7. The first kappa shape index (κ1) is 44.0. The topological polar surface area (TPSA) is 310 Å². The van der Waals surface area contributed by atoms with Gasteiger partial charge in [0, 0.05) is 30.0 Å². The van der Waals surface area contributed by atoms with Crippen LogP contribution in [-0.4, -0.2) is 89.2 Å². The number of benzene rings is 5. The number of aromatic hydroxyl groups is 9. The molecule has 326 valence electrons. The van der Waals surface area contributed by atoms with Crippen molar-refractivity contribution in [1.29, 1.82) is 0 Å². The second-order valence-corrected chi connectivity index (χ2v) is 14.1. The molecule has 18 nitrogen and oxygen atoms in total. The van der Waals surface area contributed by atoms with Crippen molar-refractivity contribution in [2.45, 2.75) is 37.1 Å². The van der Waals surface area contributed by atoms with E-state index in [1.165, 1.54) is 66.8 Å². The number of carbonyl (C=O) groups excluding carboxylic acids is 4. The zero-order valence-corrected chi connectivity index (χ0v) is 32.7. The number of carboxylic acid groups (broad SMARTS) is 1. The number of carboxylic acids is 1. The number of esters is 3. The van der Waals surface area contributed by atoms with E-state index in [0.29, 0.717) is 5.56 Å². The Morgan fingerprint density at radius 1 is 0.635 bits per heavy atom. The molecule has 9 N–H and O–H groups in total. The molecule has 0 radical (unpaired) electrons. The molecular formula is C45H37O18-. The monoisotopic (exact) mass is 865 g/mol. The molecule has 6 rings (SSSR count). The van der Waals surface area contributed by atoms with Crippen molar-refractivity contribution in [3.8, 4) is 57.5 Å². The number of fused-ring (bicyclic) bond motifs is 1. The van der Waals surface area contributed by atoms with Crippen LogP contribution in [-0.2, 0) is 46.2 Å². The SMILES string of the molecule is COC(=O)C(Cc1ccc(O)c(O)c1)OC(=O)/C=C/c1cc(O)c(O)c(/C=C/c2ccc(O)c3c2C(C(=O)OC(Cc2ccc(O)c(O)c2)C(=O)[O-])C(c2ccc(O)c(O)c2)O3)c1. The molecule has 0 bridgehead atoms. The Balaban J connectivity index is 1.31. The molecule has 18 heteroatoms. The highest BCUT2D eigenvalue weighted by atomic mass is 16.6. The lowest BCUT2D eigenvalue weighted by Crippen LogP contribution is -2.41. The van der Waals surface area contributed by atoms with Crippen LogP contribution in [0, 0.1) is 0 Å². The Bertz CT molecular complexity index is 2670. The third-order valence-corrected chi connectivity index (χ3v) is 9.81. The molecule has 0 aromatic heterocycles. The van der Waals surface area contributed by atoms with Crippen molar-refractivity contribution in [2.75, 3.05) is 7.11 Å². The van der Waals surface area contributed by atoms with Crippen LogP contribution in [0.15, 0.2) is 84.9 Å². The molecule has 1 aliphatic rings. The number of aliphatic carboxylic acids is 1. The number of phenolic OH excluding ortho intramolecular Hbond substituents is 9. The molecule has 0 saturated carbocycles.